The van der Waals surface area contributed by atoms with Gasteiger partial charge in [-0.05, 0) is 35.7 Å². The zero-order chi connectivity index (χ0) is 17.6. The smallest absolute Gasteiger partial charge is 0.173 e. The molecule has 0 radical (unpaired) electrons. The molecule has 0 bridgehead atoms. The molecule has 1 aromatic heterocycles. The number of aromatic nitrogens is 2. The number of para-hydroxylation sites is 1. The highest BCUT2D eigenvalue weighted by Gasteiger charge is 2.08. The lowest BCUT2D eigenvalue weighted by molar-refractivity contribution is 0.867. The van der Waals surface area contributed by atoms with E-state index in [1.54, 1.807) is 0 Å². The Bertz CT molecular complexity index is 815. The first-order valence-corrected chi connectivity index (χ1v) is 8.18. The normalized spacial score (nSPS) is 10.5. The first-order chi connectivity index (χ1) is 12.1. The maximum Gasteiger partial charge on any atom is 0.173 e. The van der Waals surface area contributed by atoms with Crippen LogP contribution in [0.3, 0.4) is 0 Å². The van der Waals surface area contributed by atoms with Gasteiger partial charge in [-0.3, -0.25) is 10.9 Å². The fourth-order valence-corrected chi connectivity index (χ4v) is 2.34. The van der Waals surface area contributed by atoms with Crippen molar-refractivity contribution in [3.05, 3.63) is 66.5 Å². The minimum Gasteiger partial charge on any atom is -0.393 e. The Hall–Kier alpha value is -3.28. The van der Waals surface area contributed by atoms with Crippen LogP contribution >= 0.6 is 0 Å². The van der Waals surface area contributed by atoms with Crippen LogP contribution in [0.4, 0.5) is 28.7 Å². The zero-order valence-corrected chi connectivity index (χ0v) is 14.3. The number of hydrazine groups is 1. The molecule has 0 saturated heterocycles. The third-order valence-electron chi connectivity index (χ3n) is 3.82. The van der Waals surface area contributed by atoms with Crippen molar-refractivity contribution in [2.45, 2.75) is 19.8 Å². The number of rotatable bonds is 6. The van der Waals surface area contributed by atoms with E-state index in [0.29, 0.717) is 23.2 Å². The number of anilines is 5. The van der Waals surface area contributed by atoms with E-state index in [4.69, 9.17) is 5.73 Å². The minimum absolute atomic E-state index is 0.443. The highest BCUT2D eigenvalue weighted by molar-refractivity contribution is 5.78. The summed E-state index contributed by atoms with van der Waals surface area (Å²) in [7, 11) is 0. The molecular formula is C19H22N6. The van der Waals surface area contributed by atoms with Gasteiger partial charge in [-0.15, -0.1) is 0 Å². The Balaban J connectivity index is 1.72. The predicted molar refractivity (Wildman–Crippen MR) is 104 cm³/mol. The highest BCUT2D eigenvalue weighted by Crippen LogP contribution is 2.26. The minimum atomic E-state index is 0.443. The van der Waals surface area contributed by atoms with Crippen LogP contribution in [0.25, 0.3) is 0 Å². The summed E-state index contributed by atoms with van der Waals surface area (Å²) in [4.78, 5) is 8.41. The first kappa shape index (κ1) is 16.6. The molecule has 1 heterocycles. The number of benzene rings is 2. The molecule has 0 aliphatic carbocycles. The molecule has 0 fully saturated rings. The summed E-state index contributed by atoms with van der Waals surface area (Å²) in [5.74, 6) is 1.57. The molecule has 0 aliphatic rings. The predicted octanol–water partition coefficient (Wildman–Crippen LogP) is 4.36. The first-order valence-electron chi connectivity index (χ1n) is 8.18. The van der Waals surface area contributed by atoms with Gasteiger partial charge in [-0.1, -0.05) is 44.2 Å². The van der Waals surface area contributed by atoms with E-state index in [0.717, 1.165) is 11.4 Å². The Morgan fingerprint density at radius 2 is 1.48 bits per heavy atom. The van der Waals surface area contributed by atoms with Gasteiger partial charge in [0.25, 0.3) is 0 Å². The van der Waals surface area contributed by atoms with Crippen molar-refractivity contribution in [1.29, 1.82) is 0 Å². The van der Waals surface area contributed by atoms with Crippen LogP contribution < -0.4 is 21.9 Å². The van der Waals surface area contributed by atoms with Gasteiger partial charge in [-0.25, -0.2) is 9.97 Å². The van der Waals surface area contributed by atoms with Gasteiger partial charge in [0.15, 0.2) is 11.6 Å². The SMILES string of the molecule is CC(C)c1ccc(Nc2ncnc(NNc3ccccc3)c2N)cc1. The Morgan fingerprint density at radius 3 is 2.16 bits per heavy atom. The summed E-state index contributed by atoms with van der Waals surface area (Å²) in [5.41, 5.74) is 15.8. The van der Waals surface area contributed by atoms with Crippen LogP contribution in [0.5, 0.6) is 0 Å². The van der Waals surface area contributed by atoms with Gasteiger partial charge in [0.2, 0.25) is 0 Å². The molecule has 3 aromatic rings. The van der Waals surface area contributed by atoms with Crippen molar-refractivity contribution >= 4 is 28.7 Å². The van der Waals surface area contributed by atoms with Gasteiger partial charge in [0.1, 0.15) is 12.0 Å². The zero-order valence-electron chi connectivity index (χ0n) is 14.3. The number of nitrogens with zero attached hydrogens (tertiary/aromatic N) is 2. The third-order valence-corrected chi connectivity index (χ3v) is 3.82. The fraction of sp³-hybridized carbons (Fsp3) is 0.158. The number of hydrogen-bond donors (Lipinski definition) is 4. The van der Waals surface area contributed by atoms with Crippen molar-refractivity contribution in [3.8, 4) is 0 Å². The van der Waals surface area contributed by atoms with E-state index < -0.39 is 0 Å². The van der Waals surface area contributed by atoms with Crippen molar-refractivity contribution in [2.24, 2.45) is 0 Å². The topological polar surface area (TPSA) is 87.9 Å². The van der Waals surface area contributed by atoms with E-state index in [1.165, 1.54) is 11.9 Å². The average molecular weight is 334 g/mol. The third kappa shape index (κ3) is 4.17. The number of nitrogens with one attached hydrogen (secondary N) is 3. The van der Waals surface area contributed by atoms with E-state index in [2.05, 4.69) is 52.1 Å². The lowest BCUT2D eigenvalue weighted by atomic mass is 10.0. The summed E-state index contributed by atoms with van der Waals surface area (Å²) >= 11 is 0. The van der Waals surface area contributed by atoms with Crippen LogP contribution in [-0.4, -0.2) is 9.97 Å². The molecular weight excluding hydrogens is 312 g/mol. The summed E-state index contributed by atoms with van der Waals surface area (Å²) in [6.45, 7) is 4.34. The van der Waals surface area contributed by atoms with Gasteiger partial charge < -0.3 is 11.1 Å². The summed E-state index contributed by atoms with van der Waals surface area (Å²) < 4.78 is 0. The van der Waals surface area contributed by atoms with Crippen molar-refractivity contribution in [2.75, 3.05) is 21.9 Å². The Kier molecular flexibility index (Phi) is 4.99. The number of nitrogens with two attached hydrogens (primary N) is 1. The lowest BCUT2D eigenvalue weighted by Gasteiger charge is -2.14. The molecule has 2 aromatic carbocycles. The molecule has 0 unspecified atom stereocenters. The second-order valence-corrected chi connectivity index (χ2v) is 6.00. The van der Waals surface area contributed by atoms with Crippen LogP contribution in [0, 0.1) is 0 Å². The Morgan fingerprint density at radius 1 is 0.800 bits per heavy atom. The number of nitrogen functional groups attached to an aromatic ring is 1. The van der Waals surface area contributed by atoms with E-state index in [9.17, 15) is 0 Å². The van der Waals surface area contributed by atoms with Gasteiger partial charge >= 0.3 is 0 Å². The molecule has 0 saturated carbocycles. The molecule has 25 heavy (non-hydrogen) atoms. The molecule has 6 nitrogen and oxygen atoms in total. The van der Waals surface area contributed by atoms with Crippen LogP contribution in [0.2, 0.25) is 0 Å². The van der Waals surface area contributed by atoms with Crippen LogP contribution in [-0.2, 0) is 0 Å². The largest absolute Gasteiger partial charge is 0.393 e. The molecule has 0 atom stereocenters. The maximum absolute atomic E-state index is 6.18. The second-order valence-electron chi connectivity index (χ2n) is 6.00. The number of hydrogen-bond acceptors (Lipinski definition) is 6. The van der Waals surface area contributed by atoms with E-state index in [1.807, 2.05) is 42.5 Å². The van der Waals surface area contributed by atoms with E-state index in [-0.39, 0.29) is 0 Å². The van der Waals surface area contributed by atoms with Crippen LogP contribution in [0.1, 0.15) is 25.3 Å². The Labute approximate surface area is 147 Å². The van der Waals surface area contributed by atoms with E-state index >= 15 is 0 Å². The van der Waals surface area contributed by atoms with Gasteiger partial charge in [0, 0.05) is 5.69 Å². The molecule has 128 valence electrons. The monoisotopic (exact) mass is 334 g/mol. The standard InChI is InChI=1S/C19H22N6/c1-13(2)14-8-10-15(11-9-14)23-18-17(20)19(22-12-21-18)25-24-16-6-4-3-5-7-16/h3-13,24H,20H2,1-2H3,(H2,21,22,23,25). The molecule has 5 N–H and O–H groups in total. The van der Waals surface area contributed by atoms with Crippen LogP contribution in [0.15, 0.2) is 60.9 Å². The second kappa shape index (κ2) is 7.53. The molecule has 0 aliphatic heterocycles. The molecule has 0 amide bonds. The fourth-order valence-electron chi connectivity index (χ4n) is 2.34. The van der Waals surface area contributed by atoms with Gasteiger partial charge in [-0.2, -0.15) is 0 Å². The summed E-state index contributed by atoms with van der Waals surface area (Å²) in [6, 6.07) is 18.0. The lowest BCUT2D eigenvalue weighted by Crippen LogP contribution is -2.13. The maximum atomic E-state index is 6.18. The summed E-state index contributed by atoms with van der Waals surface area (Å²) in [6.07, 6.45) is 1.47. The highest BCUT2D eigenvalue weighted by atomic mass is 15.4. The molecule has 0 spiro atoms. The summed E-state index contributed by atoms with van der Waals surface area (Å²) in [5, 5.41) is 3.23. The molecule has 3 rings (SSSR count). The van der Waals surface area contributed by atoms with Crippen molar-refractivity contribution < 1.29 is 0 Å². The quantitative estimate of drug-likeness (QED) is 0.501. The molecule has 6 heteroatoms. The van der Waals surface area contributed by atoms with Gasteiger partial charge in [0.05, 0.1) is 5.69 Å². The van der Waals surface area contributed by atoms with Crippen molar-refractivity contribution in [3.63, 3.8) is 0 Å². The van der Waals surface area contributed by atoms with Crippen molar-refractivity contribution in [1.82, 2.24) is 9.97 Å². The average Bonchev–Trinajstić information content (AvgIpc) is 2.64.